The summed E-state index contributed by atoms with van der Waals surface area (Å²) in [6, 6.07) is 12.5. The Kier molecular flexibility index (Phi) is 4.80. The van der Waals surface area contributed by atoms with E-state index in [0.717, 1.165) is 16.7 Å². The van der Waals surface area contributed by atoms with Crippen LogP contribution in [0.1, 0.15) is 5.56 Å². The average molecular weight is 300 g/mol. The second-order valence-corrected chi connectivity index (χ2v) is 5.39. The predicted molar refractivity (Wildman–Crippen MR) is 76.6 cm³/mol. The van der Waals surface area contributed by atoms with E-state index in [-0.39, 0.29) is 0 Å². The van der Waals surface area contributed by atoms with E-state index >= 15 is 0 Å². The fraction of sp³-hybridized carbons (Fsp3) is 0.143. The smallest absolute Gasteiger partial charge is 0.288 e. The number of halogens is 3. The van der Waals surface area contributed by atoms with Crippen LogP contribution >= 0.6 is 23.4 Å². The normalized spacial score (nSPS) is 11.0. The van der Waals surface area contributed by atoms with Gasteiger partial charge in [0, 0.05) is 22.0 Å². The van der Waals surface area contributed by atoms with Crippen molar-refractivity contribution in [3.63, 3.8) is 0 Å². The summed E-state index contributed by atoms with van der Waals surface area (Å²) in [7, 11) is 0. The van der Waals surface area contributed by atoms with Gasteiger partial charge in [0.25, 0.3) is 5.76 Å². The first kappa shape index (κ1) is 14.3. The Balaban J connectivity index is 2.27. The maximum Gasteiger partial charge on any atom is 0.288 e. The van der Waals surface area contributed by atoms with Crippen LogP contribution in [-0.2, 0) is 6.54 Å². The highest BCUT2D eigenvalue weighted by Gasteiger charge is 2.07. The highest BCUT2D eigenvalue weighted by Crippen LogP contribution is 2.31. The number of thioether (sulfide) groups is 1. The quantitative estimate of drug-likeness (QED) is 0.822. The van der Waals surface area contributed by atoms with E-state index in [1.807, 2.05) is 18.2 Å². The molecule has 0 atom stereocenters. The Hall–Kier alpha value is -1.10. The molecule has 0 aliphatic rings. The van der Waals surface area contributed by atoms with Crippen LogP contribution in [0.2, 0.25) is 5.02 Å². The fourth-order valence-corrected chi connectivity index (χ4v) is 2.55. The molecule has 19 heavy (non-hydrogen) atoms. The third kappa shape index (κ3) is 3.69. The summed E-state index contributed by atoms with van der Waals surface area (Å²) in [5.74, 6) is -2.40. The van der Waals surface area contributed by atoms with E-state index in [9.17, 15) is 8.78 Å². The third-order valence-electron chi connectivity index (χ3n) is 2.66. The molecule has 0 aromatic heterocycles. The molecule has 0 aliphatic heterocycles. The maximum atomic E-state index is 12.2. The molecule has 0 saturated carbocycles. The molecule has 0 aliphatic carbocycles. The van der Waals surface area contributed by atoms with Crippen molar-refractivity contribution in [1.82, 2.24) is 0 Å². The SMILES string of the molecule is NCc1ccc(-c2ccc(SC(F)F)cc2)c(Cl)c1. The van der Waals surface area contributed by atoms with Crippen LogP contribution in [0.4, 0.5) is 8.78 Å². The van der Waals surface area contributed by atoms with Crippen LogP contribution in [-0.4, -0.2) is 5.76 Å². The van der Waals surface area contributed by atoms with Gasteiger partial charge in [-0.1, -0.05) is 47.6 Å². The van der Waals surface area contributed by atoms with Crippen molar-refractivity contribution in [1.29, 1.82) is 0 Å². The first-order valence-electron chi connectivity index (χ1n) is 5.64. The van der Waals surface area contributed by atoms with Crippen molar-refractivity contribution in [3.8, 4) is 11.1 Å². The first-order chi connectivity index (χ1) is 9.10. The van der Waals surface area contributed by atoms with E-state index in [2.05, 4.69) is 0 Å². The summed E-state index contributed by atoms with van der Waals surface area (Å²) < 4.78 is 24.4. The molecule has 0 amide bonds. The van der Waals surface area contributed by atoms with Gasteiger partial charge in [0.1, 0.15) is 0 Å². The molecule has 100 valence electrons. The molecule has 2 aromatic rings. The first-order valence-corrected chi connectivity index (χ1v) is 6.89. The average Bonchev–Trinajstić information content (AvgIpc) is 2.39. The van der Waals surface area contributed by atoms with Crippen LogP contribution in [0.5, 0.6) is 0 Å². The molecule has 2 aromatic carbocycles. The van der Waals surface area contributed by atoms with Crippen molar-refractivity contribution in [2.75, 3.05) is 0 Å². The van der Waals surface area contributed by atoms with Gasteiger partial charge < -0.3 is 5.73 Å². The Morgan fingerprint density at radius 3 is 2.32 bits per heavy atom. The molecule has 1 nitrogen and oxygen atoms in total. The standard InChI is InChI=1S/C14H12ClF2NS/c15-13-7-9(8-18)1-6-12(13)10-2-4-11(5-3-10)19-14(16)17/h1-7,14H,8,18H2. The summed E-state index contributed by atoms with van der Waals surface area (Å²) >= 11 is 6.72. The van der Waals surface area contributed by atoms with Gasteiger partial charge in [0.2, 0.25) is 0 Å². The zero-order chi connectivity index (χ0) is 13.8. The minimum Gasteiger partial charge on any atom is -0.326 e. The number of hydrogen-bond acceptors (Lipinski definition) is 2. The van der Waals surface area contributed by atoms with Crippen LogP contribution in [0.25, 0.3) is 11.1 Å². The van der Waals surface area contributed by atoms with Crippen molar-refractivity contribution in [2.45, 2.75) is 17.2 Å². The van der Waals surface area contributed by atoms with Crippen LogP contribution < -0.4 is 5.73 Å². The second kappa shape index (κ2) is 6.37. The number of hydrogen-bond donors (Lipinski definition) is 1. The fourth-order valence-electron chi connectivity index (χ4n) is 1.74. The molecule has 0 saturated heterocycles. The van der Waals surface area contributed by atoms with E-state index in [0.29, 0.717) is 28.2 Å². The van der Waals surface area contributed by atoms with Gasteiger partial charge in [-0.2, -0.15) is 8.78 Å². The Morgan fingerprint density at radius 2 is 1.79 bits per heavy atom. The molecule has 0 spiro atoms. The maximum absolute atomic E-state index is 12.2. The molecule has 0 bridgehead atoms. The highest BCUT2D eigenvalue weighted by molar-refractivity contribution is 7.99. The Bertz CT molecular complexity index is 558. The lowest BCUT2D eigenvalue weighted by Crippen LogP contribution is -1.95. The zero-order valence-corrected chi connectivity index (χ0v) is 11.5. The molecular weight excluding hydrogens is 288 g/mol. The highest BCUT2D eigenvalue weighted by atomic mass is 35.5. The zero-order valence-electron chi connectivity index (χ0n) is 9.95. The van der Waals surface area contributed by atoms with Gasteiger partial charge in [-0.3, -0.25) is 0 Å². The number of nitrogens with two attached hydrogens (primary N) is 1. The molecular formula is C14H12ClF2NS. The van der Waals surface area contributed by atoms with Gasteiger partial charge in [-0.15, -0.1) is 0 Å². The Labute approximate surface area is 119 Å². The van der Waals surface area contributed by atoms with E-state index in [1.165, 1.54) is 0 Å². The van der Waals surface area contributed by atoms with E-state index in [4.69, 9.17) is 17.3 Å². The molecule has 0 fully saturated rings. The molecule has 2 rings (SSSR count). The van der Waals surface area contributed by atoms with Gasteiger partial charge in [-0.25, -0.2) is 0 Å². The van der Waals surface area contributed by atoms with Crippen LogP contribution in [0, 0.1) is 0 Å². The second-order valence-electron chi connectivity index (χ2n) is 3.92. The number of benzene rings is 2. The van der Waals surface area contributed by atoms with Gasteiger partial charge >= 0.3 is 0 Å². The number of alkyl halides is 2. The van der Waals surface area contributed by atoms with Gasteiger partial charge in [-0.05, 0) is 29.3 Å². The number of rotatable bonds is 4. The predicted octanol–water partition coefficient (Wildman–Crippen LogP) is 4.78. The van der Waals surface area contributed by atoms with E-state index in [1.54, 1.807) is 24.3 Å². The van der Waals surface area contributed by atoms with Crippen LogP contribution in [0.3, 0.4) is 0 Å². The molecule has 0 unspecified atom stereocenters. The Morgan fingerprint density at radius 1 is 1.11 bits per heavy atom. The molecule has 2 N–H and O–H groups in total. The monoisotopic (exact) mass is 299 g/mol. The van der Waals surface area contributed by atoms with Crippen LogP contribution in [0.15, 0.2) is 47.4 Å². The lowest BCUT2D eigenvalue weighted by Gasteiger charge is -2.07. The minimum absolute atomic E-state index is 0.434. The topological polar surface area (TPSA) is 26.0 Å². The summed E-state index contributed by atoms with van der Waals surface area (Å²) in [5.41, 5.74) is 8.26. The summed E-state index contributed by atoms with van der Waals surface area (Å²) in [6.07, 6.45) is 0. The summed E-state index contributed by atoms with van der Waals surface area (Å²) in [4.78, 5) is 0.536. The molecule has 0 heterocycles. The molecule has 5 heteroatoms. The van der Waals surface area contributed by atoms with Gasteiger partial charge in [0.15, 0.2) is 0 Å². The largest absolute Gasteiger partial charge is 0.326 e. The van der Waals surface area contributed by atoms with Crippen molar-refractivity contribution in [2.24, 2.45) is 5.73 Å². The summed E-state index contributed by atoms with van der Waals surface area (Å²) in [6.45, 7) is 0.434. The van der Waals surface area contributed by atoms with Crippen molar-refractivity contribution in [3.05, 3.63) is 53.1 Å². The lowest BCUT2D eigenvalue weighted by molar-refractivity contribution is 0.252. The minimum atomic E-state index is -2.40. The van der Waals surface area contributed by atoms with Gasteiger partial charge in [0.05, 0.1) is 0 Å². The molecule has 0 radical (unpaired) electrons. The van der Waals surface area contributed by atoms with E-state index < -0.39 is 5.76 Å². The van der Waals surface area contributed by atoms with Crippen molar-refractivity contribution >= 4 is 23.4 Å². The lowest BCUT2D eigenvalue weighted by atomic mass is 10.0. The summed E-state index contributed by atoms with van der Waals surface area (Å²) in [5, 5.41) is 0.609. The van der Waals surface area contributed by atoms with Crippen molar-refractivity contribution < 1.29 is 8.78 Å². The third-order valence-corrected chi connectivity index (χ3v) is 3.69.